The fourth-order valence-electron chi connectivity index (χ4n) is 4.44. The van der Waals surface area contributed by atoms with Crippen LogP contribution in [0, 0.1) is 0 Å². The molecule has 0 atom stereocenters. The largest absolute Gasteiger partial charge is 0.497 e. The number of benzene rings is 3. The van der Waals surface area contributed by atoms with Gasteiger partial charge in [0.2, 0.25) is 0 Å². The normalized spacial score (nSPS) is 11.9. The molecule has 1 aliphatic rings. The molecule has 0 aromatic heterocycles. The highest BCUT2D eigenvalue weighted by Crippen LogP contribution is 2.49. The lowest BCUT2D eigenvalue weighted by molar-refractivity contribution is 0.0997. The fraction of sp³-hybridized carbons (Fsp3) is 0.321. The summed E-state index contributed by atoms with van der Waals surface area (Å²) in [4.78, 5) is 20.1. The van der Waals surface area contributed by atoms with Gasteiger partial charge in [0.05, 0.1) is 18.5 Å². The average Bonchev–Trinajstić information content (AvgIpc) is 2.88. The average molecular weight is 460 g/mol. The molecule has 0 saturated heterocycles. The zero-order chi connectivity index (χ0) is 24.2. The van der Waals surface area contributed by atoms with Gasteiger partial charge in [-0.3, -0.25) is 9.69 Å². The number of amides is 1. The van der Waals surface area contributed by atoms with Crippen LogP contribution in [-0.4, -0.2) is 39.2 Å². The Labute approximate surface area is 202 Å². The van der Waals surface area contributed by atoms with Crippen molar-refractivity contribution in [2.24, 2.45) is 0 Å². The van der Waals surface area contributed by atoms with Gasteiger partial charge in [0, 0.05) is 55.2 Å². The minimum absolute atomic E-state index is 0.111. The number of fused-ring (bicyclic) bond motifs is 2. The molecule has 6 nitrogen and oxygen atoms in total. The number of carbonyl (C=O) groups is 1. The summed E-state index contributed by atoms with van der Waals surface area (Å²) in [5, 5.41) is 0. The second-order valence-corrected chi connectivity index (χ2v) is 8.12. The number of rotatable bonds is 8. The summed E-state index contributed by atoms with van der Waals surface area (Å²) in [6.07, 6.45) is 0. The second-order valence-electron chi connectivity index (χ2n) is 8.12. The van der Waals surface area contributed by atoms with Crippen LogP contribution in [0.4, 0.5) is 22.7 Å². The predicted molar refractivity (Wildman–Crippen MR) is 140 cm³/mol. The van der Waals surface area contributed by atoms with Gasteiger partial charge in [-0.25, -0.2) is 0 Å². The van der Waals surface area contributed by atoms with Crippen molar-refractivity contribution < 1.29 is 14.3 Å². The Morgan fingerprint density at radius 2 is 1.24 bits per heavy atom. The topological polar surface area (TPSA) is 45.2 Å². The third kappa shape index (κ3) is 4.28. The number of ether oxygens (including phenoxy) is 2. The number of anilines is 4. The van der Waals surface area contributed by atoms with Crippen LogP contribution in [0.3, 0.4) is 0 Å². The van der Waals surface area contributed by atoms with Gasteiger partial charge in [0.25, 0.3) is 5.91 Å². The Morgan fingerprint density at radius 1 is 0.765 bits per heavy atom. The maximum Gasteiger partial charge on any atom is 0.263 e. The van der Waals surface area contributed by atoms with Crippen molar-refractivity contribution >= 4 is 28.7 Å². The van der Waals surface area contributed by atoms with Crippen LogP contribution in [0.2, 0.25) is 0 Å². The molecule has 1 heterocycles. The molecule has 34 heavy (non-hydrogen) atoms. The zero-order valence-corrected chi connectivity index (χ0v) is 20.7. The molecule has 3 aromatic rings. The molecule has 4 rings (SSSR count). The van der Waals surface area contributed by atoms with E-state index in [1.807, 2.05) is 36.4 Å². The first kappa shape index (κ1) is 23.5. The molecule has 1 amide bonds. The number of hydrogen-bond acceptors (Lipinski definition) is 5. The smallest absolute Gasteiger partial charge is 0.263 e. The Bertz CT molecular complexity index is 1090. The SMILES string of the molecule is CCN(CC)c1ccc2c(c1)Oc1cc(N(CC)CC)ccc1N2C(=O)c1ccc(OC)cc1. The van der Waals surface area contributed by atoms with Crippen molar-refractivity contribution in [3.8, 4) is 17.2 Å². The van der Waals surface area contributed by atoms with E-state index in [1.165, 1.54) is 0 Å². The monoisotopic (exact) mass is 459 g/mol. The molecule has 1 aliphatic heterocycles. The van der Waals surface area contributed by atoms with Crippen molar-refractivity contribution in [2.45, 2.75) is 27.7 Å². The maximum absolute atomic E-state index is 13.8. The summed E-state index contributed by atoms with van der Waals surface area (Å²) in [6.45, 7) is 12.1. The van der Waals surface area contributed by atoms with Crippen LogP contribution in [-0.2, 0) is 0 Å². The lowest BCUT2D eigenvalue weighted by Gasteiger charge is -2.33. The first-order valence-corrected chi connectivity index (χ1v) is 12.0. The summed E-state index contributed by atoms with van der Waals surface area (Å²) in [5.74, 6) is 1.96. The second kappa shape index (κ2) is 10.1. The first-order valence-electron chi connectivity index (χ1n) is 12.0. The molecule has 0 N–H and O–H groups in total. The van der Waals surface area contributed by atoms with Gasteiger partial charge in [-0.15, -0.1) is 0 Å². The lowest BCUT2D eigenvalue weighted by Crippen LogP contribution is -2.29. The van der Waals surface area contributed by atoms with E-state index in [0.717, 1.165) is 48.9 Å². The van der Waals surface area contributed by atoms with Gasteiger partial charge < -0.3 is 19.3 Å². The summed E-state index contributed by atoms with van der Waals surface area (Å²) < 4.78 is 11.7. The van der Waals surface area contributed by atoms with Crippen molar-refractivity contribution in [3.63, 3.8) is 0 Å². The number of carbonyl (C=O) groups excluding carboxylic acids is 1. The zero-order valence-electron chi connectivity index (χ0n) is 20.7. The third-order valence-electron chi connectivity index (χ3n) is 6.39. The number of methoxy groups -OCH3 is 1. The van der Waals surface area contributed by atoms with Crippen LogP contribution in [0.5, 0.6) is 17.2 Å². The number of nitrogens with zero attached hydrogens (tertiary/aromatic N) is 3. The highest BCUT2D eigenvalue weighted by atomic mass is 16.5. The quantitative estimate of drug-likeness (QED) is 0.386. The van der Waals surface area contributed by atoms with Crippen LogP contribution in [0.15, 0.2) is 60.7 Å². The minimum atomic E-state index is -0.111. The highest BCUT2D eigenvalue weighted by Gasteiger charge is 2.31. The van der Waals surface area contributed by atoms with E-state index >= 15 is 0 Å². The molecular weight excluding hydrogens is 426 g/mol. The minimum Gasteiger partial charge on any atom is -0.497 e. The standard InChI is InChI=1S/C28H33N3O3/c1-6-29(7-2)21-12-16-24-26(18-21)34-27-19-22(30(8-3)9-4)13-17-25(27)31(24)28(32)20-10-14-23(33-5)15-11-20/h10-19H,6-9H2,1-5H3. The van der Waals surface area contributed by atoms with E-state index in [4.69, 9.17) is 9.47 Å². The fourth-order valence-corrected chi connectivity index (χ4v) is 4.44. The van der Waals surface area contributed by atoms with Gasteiger partial charge in [0.15, 0.2) is 11.5 Å². The molecule has 178 valence electrons. The summed E-state index contributed by atoms with van der Waals surface area (Å²) in [6, 6.07) is 19.3. The van der Waals surface area contributed by atoms with Crippen molar-refractivity contribution in [3.05, 3.63) is 66.2 Å². The maximum atomic E-state index is 13.8. The van der Waals surface area contributed by atoms with Gasteiger partial charge in [-0.2, -0.15) is 0 Å². The summed E-state index contributed by atoms with van der Waals surface area (Å²) >= 11 is 0. The van der Waals surface area contributed by atoms with Crippen molar-refractivity contribution in [1.82, 2.24) is 0 Å². The van der Waals surface area contributed by atoms with Gasteiger partial charge >= 0.3 is 0 Å². The molecule has 0 aliphatic carbocycles. The van der Waals surface area contributed by atoms with Gasteiger partial charge in [0.1, 0.15) is 5.75 Å². The van der Waals surface area contributed by atoms with Gasteiger partial charge in [-0.05, 0) is 76.2 Å². The Kier molecular flexibility index (Phi) is 6.96. The first-order chi connectivity index (χ1) is 16.5. The molecule has 0 bridgehead atoms. The number of hydrogen-bond donors (Lipinski definition) is 0. The van der Waals surface area contributed by atoms with Crippen molar-refractivity contribution in [2.75, 3.05) is 48.0 Å². The summed E-state index contributed by atoms with van der Waals surface area (Å²) in [5.41, 5.74) is 4.20. The van der Waals surface area contributed by atoms with Crippen LogP contribution in [0.1, 0.15) is 38.1 Å². The van der Waals surface area contributed by atoms with E-state index in [-0.39, 0.29) is 5.91 Å². The molecular formula is C28H33N3O3. The Morgan fingerprint density at radius 3 is 1.65 bits per heavy atom. The van der Waals surface area contributed by atoms with Crippen LogP contribution in [0.25, 0.3) is 0 Å². The molecule has 6 heteroatoms. The molecule has 0 unspecified atom stereocenters. The molecule has 0 saturated carbocycles. The van der Waals surface area contributed by atoms with E-state index in [1.54, 1.807) is 24.1 Å². The van der Waals surface area contributed by atoms with E-state index in [0.29, 0.717) is 22.8 Å². The van der Waals surface area contributed by atoms with Crippen molar-refractivity contribution in [1.29, 1.82) is 0 Å². The van der Waals surface area contributed by atoms with E-state index in [9.17, 15) is 4.79 Å². The van der Waals surface area contributed by atoms with E-state index in [2.05, 4.69) is 49.6 Å². The lowest BCUT2D eigenvalue weighted by atomic mass is 10.1. The Balaban J connectivity index is 1.83. The molecule has 0 spiro atoms. The molecule has 0 radical (unpaired) electrons. The molecule has 0 fully saturated rings. The van der Waals surface area contributed by atoms with Gasteiger partial charge in [-0.1, -0.05) is 0 Å². The van der Waals surface area contributed by atoms with Crippen LogP contribution < -0.4 is 24.2 Å². The highest BCUT2D eigenvalue weighted by molar-refractivity contribution is 6.13. The predicted octanol–water partition coefficient (Wildman–Crippen LogP) is 6.47. The summed E-state index contributed by atoms with van der Waals surface area (Å²) in [7, 11) is 1.62. The third-order valence-corrected chi connectivity index (χ3v) is 6.39. The Hall–Kier alpha value is -3.67. The molecule has 3 aromatic carbocycles. The van der Waals surface area contributed by atoms with Crippen LogP contribution >= 0.6 is 0 Å². The van der Waals surface area contributed by atoms with E-state index < -0.39 is 0 Å².